The molecule has 0 nitrogen and oxygen atoms in total. The first-order valence-corrected chi connectivity index (χ1v) is 6.52. The normalized spacial score (nSPS) is 12.9. The van der Waals surface area contributed by atoms with Crippen LogP contribution in [0, 0.1) is 0 Å². The molecule has 0 amide bonds. The Morgan fingerprint density at radius 3 is 1.93 bits per heavy atom. The zero-order valence-electron chi connectivity index (χ0n) is 10.4. The zero-order chi connectivity index (χ0) is 11.7. The molecule has 0 saturated heterocycles. The van der Waals surface area contributed by atoms with Crippen LogP contribution < -0.4 is 0 Å². The predicted octanol–water partition coefficient (Wildman–Crippen LogP) is 5.76. The van der Waals surface area contributed by atoms with Gasteiger partial charge in [0.15, 0.2) is 0 Å². The Morgan fingerprint density at radius 1 is 0.867 bits per heavy atom. The average Bonchev–Trinajstić information content (AvgIpc) is 2.17. The van der Waals surface area contributed by atoms with Crippen molar-refractivity contribution in [1.29, 1.82) is 0 Å². The molecule has 0 fully saturated rings. The quantitative estimate of drug-likeness (QED) is 0.539. The van der Waals surface area contributed by atoms with Gasteiger partial charge in [0.2, 0.25) is 0 Å². The summed E-state index contributed by atoms with van der Waals surface area (Å²) in [6.45, 7) is 8.69. The van der Waals surface area contributed by atoms with Gasteiger partial charge < -0.3 is 0 Å². The van der Waals surface area contributed by atoms with Gasteiger partial charge in [-0.15, -0.1) is 0 Å². The molecule has 0 aromatic carbocycles. The summed E-state index contributed by atoms with van der Waals surface area (Å²) in [5.74, 6) is 0. The van der Waals surface area contributed by atoms with E-state index in [0.29, 0.717) is 0 Å². The lowest BCUT2D eigenvalue weighted by molar-refractivity contribution is 0.920. The lowest BCUT2D eigenvalue weighted by Gasteiger charge is -2.00. The van der Waals surface area contributed by atoms with E-state index in [9.17, 15) is 0 Å². The number of rotatable bonds is 6. The summed E-state index contributed by atoms with van der Waals surface area (Å²) < 4.78 is 0. The van der Waals surface area contributed by atoms with Crippen LogP contribution in [0.15, 0.2) is 33.9 Å². The molecule has 0 aliphatic rings. The van der Waals surface area contributed by atoms with Crippen LogP contribution in [-0.2, 0) is 0 Å². The highest BCUT2D eigenvalue weighted by molar-refractivity contribution is 9.11. The van der Waals surface area contributed by atoms with E-state index in [0.717, 1.165) is 12.8 Å². The van der Waals surface area contributed by atoms with E-state index >= 15 is 0 Å². The molecule has 0 aliphatic heterocycles. The second-order valence-electron chi connectivity index (χ2n) is 4.36. The van der Waals surface area contributed by atoms with Gasteiger partial charge in [0.05, 0.1) is 0 Å². The Kier molecular flexibility index (Phi) is 8.79. The van der Waals surface area contributed by atoms with Gasteiger partial charge >= 0.3 is 0 Å². The molecule has 0 aliphatic carbocycles. The van der Waals surface area contributed by atoms with Crippen LogP contribution in [0.25, 0.3) is 0 Å². The Bertz CT molecular complexity index is 253. The molecule has 0 spiro atoms. The van der Waals surface area contributed by atoms with Gasteiger partial charge in [-0.25, -0.2) is 0 Å². The fourth-order valence-electron chi connectivity index (χ4n) is 1.29. The number of hydrogen-bond acceptors (Lipinski definition) is 0. The minimum absolute atomic E-state index is 1.16. The smallest absolute Gasteiger partial charge is 0.0200 e. The fraction of sp³-hybridized carbons (Fsp3) is 0.571. The summed E-state index contributed by atoms with van der Waals surface area (Å²) in [4.78, 5) is 2.01. The summed E-state index contributed by atoms with van der Waals surface area (Å²) in [6.07, 6.45) is 9.36. The Labute approximate surface area is 103 Å². The second-order valence-corrected chi connectivity index (χ2v) is 4.82. The Hall–Kier alpha value is -0.300. The van der Waals surface area contributed by atoms with Gasteiger partial charge in [0.25, 0.3) is 0 Å². The predicted molar refractivity (Wildman–Crippen MR) is 74.3 cm³/mol. The molecule has 0 aromatic rings. The minimum Gasteiger partial charge on any atom is -0.0856 e. The van der Waals surface area contributed by atoms with Crippen molar-refractivity contribution >= 4 is 15.9 Å². The van der Waals surface area contributed by atoms with E-state index < -0.39 is 0 Å². The highest BCUT2D eigenvalue weighted by Gasteiger charge is 1.90. The van der Waals surface area contributed by atoms with Gasteiger partial charge in [-0.2, -0.15) is 0 Å². The van der Waals surface area contributed by atoms with Gasteiger partial charge in [-0.05, 0) is 58.4 Å². The van der Waals surface area contributed by atoms with Crippen molar-refractivity contribution in [2.24, 2.45) is 0 Å². The van der Waals surface area contributed by atoms with Crippen LogP contribution in [0.4, 0.5) is 0 Å². The third kappa shape index (κ3) is 9.99. The summed E-state index contributed by atoms with van der Waals surface area (Å²) in [6, 6.07) is 0. The first-order chi connectivity index (χ1) is 7.06. The molecule has 0 radical (unpaired) electrons. The number of hydrogen-bond donors (Lipinski definition) is 0. The molecule has 0 bridgehead atoms. The molecule has 0 rings (SSSR count). The number of halogens is 1. The van der Waals surface area contributed by atoms with E-state index in [1.165, 1.54) is 29.6 Å². The maximum atomic E-state index is 3.35. The minimum atomic E-state index is 1.16. The SMILES string of the molecule is CC(C)=CCC/C(C)=C/CC/C(C)=C/Br. The van der Waals surface area contributed by atoms with E-state index in [-0.39, 0.29) is 0 Å². The first-order valence-electron chi connectivity index (χ1n) is 5.61. The summed E-state index contributed by atoms with van der Waals surface area (Å²) in [5, 5.41) is 0. The highest BCUT2D eigenvalue weighted by atomic mass is 79.9. The van der Waals surface area contributed by atoms with E-state index in [2.05, 4.69) is 55.8 Å². The Balaban J connectivity index is 3.75. The molecule has 1 heteroatoms. The van der Waals surface area contributed by atoms with Gasteiger partial charge in [-0.3, -0.25) is 0 Å². The summed E-state index contributed by atoms with van der Waals surface area (Å²) in [7, 11) is 0. The van der Waals surface area contributed by atoms with Gasteiger partial charge in [-0.1, -0.05) is 44.8 Å². The van der Waals surface area contributed by atoms with Crippen molar-refractivity contribution in [2.45, 2.75) is 53.4 Å². The van der Waals surface area contributed by atoms with Gasteiger partial charge in [0.1, 0.15) is 0 Å². The van der Waals surface area contributed by atoms with Crippen LogP contribution in [0.2, 0.25) is 0 Å². The summed E-state index contributed by atoms with van der Waals surface area (Å²) >= 11 is 3.35. The average molecular weight is 271 g/mol. The van der Waals surface area contributed by atoms with Crippen LogP contribution in [0.5, 0.6) is 0 Å². The van der Waals surface area contributed by atoms with Crippen molar-refractivity contribution in [3.05, 3.63) is 33.9 Å². The molecule has 0 aromatic heterocycles. The molecule has 15 heavy (non-hydrogen) atoms. The van der Waals surface area contributed by atoms with Crippen molar-refractivity contribution in [1.82, 2.24) is 0 Å². The molecule has 0 heterocycles. The molecular weight excluding hydrogens is 248 g/mol. The molecule has 0 N–H and O–H groups in total. The van der Waals surface area contributed by atoms with Crippen LogP contribution in [0.3, 0.4) is 0 Å². The number of allylic oxidation sites excluding steroid dienone is 5. The van der Waals surface area contributed by atoms with Crippen molar-refractivity contribution < 1.29 is 0 Å². The third-order valence-electron chi connectivity index (χ3n) is 2.31. The fourth-order valence-corrected chi connectivity index (χ4v) is 1.52. The largest absolute Gasteiger partial charge is 0.0856 e. The molecule has 86 valence electrons. The first kappa shape index (κ1) is 14.7. The zero-order valence-corrected chi connectivity index (χ0v) is 12.0. The molecular formula is C14H23Br. The lowest BCUT2D eigenvalue weighted by Crippen LogP contribution is -1.79. The van der Waals surface area contributed by atoms with Crippen molar-refractivity contribution in [3.63, 3.8) is 0 Å². The maximum Gasteiger partial charge on any atom is -0.0200 e. The molecule has 0 atom stereocenters. The van der Waals surface area contributed by atoms with E-state index in [1.54, 1.807) is 0 Å². The second kappa shape index (κ2) is 8.96. The topological polar surface area (TPSA) is 0 Å². The van der Waals surface area contributed by atoms with Crippen molar-refractivity contribution in [3.8, 4) is 0 Å². The van der Waals surface area contributed by atoms with Gasteiger partial charge in [0, 0.05) is 0 Å². The third-order valence-corrected chi connectivity index (χ3v) is 3.09. The summed E-state index contributed by atoms with van der Waals surface area (Å²) in [5.41, 5.74) is 4.33. The maximum absolute atomic E-state index is 3.35. The van der Waals surface area contributed by atoms with Crippen LogP contribution in [-0.4, -0.2) is 0 Å². The lowest BCUT2D eigenvalue weighted by atomic mass is 10.1. The van der Waals surface area contributed by atoms with E-state index in [1.807, 2.05) is 4.99 Å². The standard InChI is InChI=1S/C14H23Br/c1-12(2)7-5-8-13(3)9-6-10-14(4)11-15/h7,9,11H,5-6,8,10H2,1-4H3/b13-9+,14-11+. The van der Waals surface area contributed by atoms with Crippen LogP contribution in [0.1, 0.15) is 53.4 Å². The van der Waals surface area contributed by atoms with Crippen molar-refractivity contribution in [2.75, 3.05) is 0 Å². The van der Waals surface area contributed by atoms with Crippen LogP contribution >= 0.6 is 15.9 Å². The molecule has 0 saturated carbocycles. The highest BCUT2D eigenvalue weighted by Crippen LogP contribution is 2.11. The van der Waals surface area contributed by atoms with E-state index in [4.69, 9.17) is 0 Å². The monoisotopic (exact) mass is 270 g/mol. The Morgan fingerprint density at radius 2 is 1.40 bits per heavy atom. The molecule has 0 unspecified atom stereocenters.